The number of aryl methyl sites for hydroxylation is 1. The van der Waals surface area contributed by atoms with Crippen LogP contribution in [0.4, 0.5) is 5.82 Å². The van der Waals surface area contributed by atoms with Crippen LogP contribution in [0.1, 0.15) is 48.4 Å². The minimum Gasteiger partial charge on any atom is -0.357 e. The Morgan fingerprint density at radius 2 is 2.04 bits per heavy atom. The summed E-state index contributed by atoms with van der Waals surface area (Å²) in [7, 11) is 0. The Labute approximate surface area is 170 Å². The maximum atomic E-state index is 12.5. The standard InChI is InChI=1S/C22H26N4OS/c1-16-25-20(15-28-16)18-7-8-19(12-18)22(27)24-14-17-6-9-21(23-13-17)26-10-4-2-3-5-11-26/h6-7,9,12-13,15H,2-5,8,10-11,14H2,1H3,(H,24,27). The fraction of sp³-hybridized carbons (Fsp3) is 0.409. The Balaban J connectivity index is 1.31. The fourth-order valence-corrected chi connectivity index (χ4v) is 4.28. The zero-order valence-corrected chi connectivity index (χ0v) is 17.1. The van der Waals surface area contributed by atoms with Crippen molar-refractivity contribution in [1.82, 2.24) is 15.3 Å². The number of aromatic nitrogens is 2. The molecule has 1 aliphatic carbocycles. The number of hydrogen-bond acceptors (Lipinski definition) is 5. The number of carbonyl (C=O) groups is 1. The van der Waals surface area contributed by atoms with Gasteiger partial charge in [0.1, 0.15) is 5.82 Å². The number of carbonyl (C=O) groups excluding carboxylic acids is 1. The highest BCUT2D eigenvalue weighted by Gasteiger charge is 2.17. The number of hydrogen-bond donors (Lipinski definition) is 1. The Hall–Kier alpha value is -2.47. The van der Waals surface area contributed by atoms with Gasteiger partial charge < -0.3 is 10.2 Å². The molecule has 4 rings (SSSR count). The first-order valence-corrected chi connectivity index (χ1v) is 10.9. The summed E-state index contributed by atoms with van der Waals surface area (Å²) in [6.07, 6.45) is 11.7. The van der Waals surface area contributed by atoms with E-state index in [9.17, 15) is 4.79 Å². The first-order valence-electron chi connectivity index (χ1n) is 10.0. The second-order valence-electron chi connectivity index (χ2n) is 7.39. The molecule has 1 saturated heterocycles. The van der Waals surface area contributed by atoms with Crippen LogP contribution >= 0.6 is 11.3 Å². The minimum absolute atomic E-state index is 0.0187. The first-order chi connectivity index (χ1) is 13.7. The normalized spacial score (nSPS) is 17.1. The molecule has 0 bridgehead atoms. The van der Waals surface area contributed by atoms with E-state index in [1.165, 1.54) is 25.7 Å². The van der Waals surface area contributed by atoms with Gasteiger partial charge in [0.2, 0.25) is 5.91 Å². The first kappa shape index (κ1) is 18.9. The van der Waals surface area contributed by atoms with Crippen molar-refractivity contribution in [2.75, 3.05) is 18.0 Å². The topological polar surface area (TPSA) is 58.1 Å². The molecule has 3 heterocycles. The van der Waals surface area contributed by atoms with Crippen LogP contribution in [-0.2, 0) is 11.3 Å². The van der Waals surface area contributed by atoms with Crippen molar-refractivity contribution in [1.29, 1.82) is 0 Å². The largest absolute Gasteiger partial charge is 0.357 e. The van der Waals surface area contributed by atoms with Crippen molar-refractivity contribution in [2.24, 2.45) is 0 Å². The van der Waals surface area contributed by atoms with E-state index in [4.69, 9.17) is 0 Å². The summed E-state index contributed by atoms with van der Waals surface area (Å²) in [5.74, 6) is 1.03. The van der Waals surface area contributed by atoms with E-state index in [1.54, 1.807) is 11.3 Å². The van der Waals surface area contributed by atoms with Gasteiger partial charge in [-0.3, -0.25) is 4.79 Å². The summed E-state index contributed by atoms with van der Waals surface area (Å²) < 4.78 is 0. The fourth-order valence-electron chi connectivity index (χ4n) is 3.66. The van der Waals surface area contributed by atoms with Gasteiger partial charge in [0.25, 0.3) is 0 Å². The Kier molecular flexibility index (Phi) is 5.86. The van der Waals surface area contributed by atoms with Crippen LogP contribution < -0.4 is 10.2 Å². The third-order valence-corrected chi connectivity index (χ3v) is 6.04. The number of allylic oxidation sites excluding steroid dienone is 3. The highest BCUT2D eigenvalue weighted by Crippen LogP contribution is 2.27. The summed E-state index contributed by atoms with van der Waals surface area (Å²) in [6.45, 7) is 4.66. The molecule has 0 atom stereocenters. The maximum Gasteiger partial charge on any atom is 0.247 e. The lowest BCUT2D eigenvalue weighted by atomic mass is 10.2. The van der Waals surface area contributed by atoms with Crippen LogP contribution in [0.5, 0.6) is 0 Å². The van der Waals surface area contributed by atoms with Crippen molar-refractivity contribution in [3.63, 3.8) is 0 Å². The predicted octanol–water partition coefficient (Wildman–Crippen LogP) is 4.26. The third-order valence-electron chi connectivity index (χ3n) is 5.27. The summed E-state index contributed by atoms with van der Waals surface area (Å²) in [5, 5.41) is 6.09. The number of anilines is 1. The smallest absolute Gasteiger partial charge is 0.247 e. The van der Waals surface area contributed by atoms with Crippen molar-refractivity contribution in [2.45, 2.75) is 45.6 Å². The predicted molar refractivity (Wildman–Crippen MR) is 114 cm³/mol. The van der Waals surface area contributed by atoms with E-state index >= 15 is 0 Å². The quantitative estimate of drug-likeness (QED) is 0.823. The van der Waals surface area contributed by atoms with Crippen LogP contribution in [0.3, 0.4) is 0 Å². The molecule has 146 valence electrons. The SMILES string of the molecule is Cc1nc(C2=CCC(C(=O)NCc3ccc(N4CCCCCC4)nc3)=C2)cs1. The molecule has 0 radical (unpaired) electrons. The van der Waals surface area contributed by atoms with Crippen LogP contribution in [-0.4, -0.2) is 29.0 Å². The van der Waals surface area contributed by atoms with Crippen LogP contribution in [0.15, 0.2) is 41.4 Å². The van der Waals surface area contributed by atoms with Gasteiger partial charge in [-0.15, -0.1) is 11.3 Å². The Morgan fingerprint density at radius 1 is 1.21 bits per heavy atom. The van der Waals surface area contributed by atoms with Gasteiger partial charge in [-0.2, -0.15) is 0 Å². The Morgan fingerprint density at radius 3 is 2.71 bits per heavy atom. The van der Waals surface area contributed by atoms with E-state index < -0.39 is 0 Å². The molecule has 1 N–H and O–H groups in total. The lowest BCUT2D eigenvalue weighted by Crippen LogP contribution is -2.25. The van der Waals surface area contributed by atoms with Gasteiger partial charge in [-0.25, -0.2) is 9.97 Å². The van der Waals surface area contributed by atoms with Gasteiger partial charge in [0.05, 0.1) is 10.7 Å². The van der Waals surface area contributed by atoms with Gasteiger partial charge in [0.15, 0.2) is 0 Å². The van der Waals surface area contributed by atoms with Gasteiger partial charge in [-0.05, 0) is 49.5 Å². The maximum absolute atomic E-state index is 12.5. The molecule has 2 aliphatic rings. The molecular weight excluding hydrogens is 368 g/mol. The number of rotatable bonds is 5. The van der Waals surface area contributed by atoms with Crippen molar-refractivity contribution >= 4 is 28.6 Å². The highest BCUT2D eigenvalue weighted by molar-refractivity contribution is 7.09. The second-order valence-corrected chi connectivity index (χ2v) is 8.46. The lowest BCUT2D eigenvalue weighted by molar-refractivity contribution is -0.117. The molecule has 28 heavy (non-hydrogen) atoms. The molecule has 5 nitrogen and oxygen atoms in total. The third kappa shape index (κ3) is 4.50. The summed E-state index contributed by atoms with van der Waals surface area (Å²) >= 11 is 1.63. The number of amides is 1. The van der Waals surface area contributed by atoms with Gasteiger partial charge >= 0.3 is 0 Å². The summed E-state index contributed by atoms with van der Waals surface area (Å²) in [5.41, 5.74) is 3.81. The molecule has 0 saturated carbocycles. The number of thiazole rings is 1. The molecule has 0 unspecified atom stereocenters. The lowest BCUT2D eigenvalue weighted by Gasteiger charge is -2.21. The highest BCUT2D eigenvalue weighted by atomic mass is 32.1. The van der Waals surface area contributed by atoms with E-state index in [1.807, 2.05) is 24.6 Å². The molecule has 6 heteroatoms. The van der Waals surface area contributed by atoms with Crippen molar-refractivity contribution in [3.05, 3.63) is 57.7 Å². The number of pyridine rings is 1. The van der Waals surface area contributed by atoms with E-state index in [-0.39, 0.29) is 5.91 Å². The number of nitrogens with one attached hydrogen (secondary N) is 1. The molecule has 1 fully saturated rings. The van der Waals surface area contributed by atoms with E-state index in [0.29, 0.717) is 13.0 Å². The minimum atomic E-state index is -0.0187. The molecule has 1 aliphatic heterocycles. The summed E-state index contributed by atoms with van der Waals surface area (Å²) in [4.78, 5) is 24.0. The van der Waals surface area contributed by atoms with Crippen molar-refractivity contribution < 1.29 is 4.79 Å². The molecule has 0 spiro atoms. The average Bonchev–Trinajstić information content (AvgIpc) is 3.28. The average molecular weight is 395 g/mol. The molecule has 0 aromatic carbocycles. The zero-order chi connectivity index (χ0) is 19.3. The van der Waals surface area contributed by atoms with E-state index in [0.717, 1.165) is 46.3 Å². The van der Waals surface area contributed by atoms with Gasteiger partial charge in [0, 0.05) is 36.8 Å². The monoisotopic (exact) mass is 394 g/mol. The van der Waals surface area contributed by atoms with Crippen LogP contribution in [0, 0.1) is 6.92 Å². The van der Waals surface area contributed by atoms with Gasteiger partial charge in [-0.1, -0.05) is 25.0 Å². The second kappa shape index (κ2) is 8.69. The van der Waals surface area contributed by atoms with Crippen LogP contribution in [0.2, 0.25) is 0 Å². The number of nitrogens with zero attached hydrogens (tertiary/aromatic N) is 3. The Bertz CT molecular complexity index is 890. The zero-order valence-electron chi connectivity index (χ0n) is 16.3. The molecule has 1 amide bonds. The van der Waals surface area contributed by atoms with E-state index in [2.05, 4.69) is 38.4 Å². The molecular formula is C22H26N4OS. The molecule has 2 aromatic heterocycles. The summed E-state index contributed by atoms with van der Waals surface area (Å²) in [6, 6.07) is 4.14. The van der Waals surface area contributed by atoms with Crippen molar-refractivity contribution in [3.8, 4) is 0 Å². The van der Waals surface area contributed by atoms with Crippen LogP contribution in [0.25, 0.3) is 5.57 Å². The molecule has 2 aromatic rings.